The molecule has 1 N–H and O–H groups in total. The van der Waals surface area contributed by atoms with Crippen LogP contribution in [0.25, 0.3) is 0 Å². The summed E-state index contributed by atoms with van der Waals surface area (Å²) in [5, 5.41) is 2.01. The molecule has 0 aromatic carbocycles. The lowest BCUT2D eigenvalue weighted by Crippen LogP contribution is -2.38. The van der Waals surface area contributed by atoms with Gasteiger partial charge in [-0.15, -0.1) is 11.3 Å². The van der Waals surface area contributed by atoms with Gasteiger partial charge in [0, 0.05) is 30.9 Å². The third-order valence-electron chi connectivity index (χ3n) is 4.11. The van der Waals surface area contributed by atoms with Crippen LogP contribution in [0.2, 0.25) is 0 Å². The van der Waals surface area contributed by atoms with Crippen molar-refractivity contribution >= 4 is 17.1 Å². The Labute approximate surface area is 129 Å². The van der Waals surface area contributed by atoms with Gasteiger partial charge in [0.25, 0.3) is 0 Å². The highest BCUT2D eigenvalue weighted by Crippen LogP contribution is 2.26. The van der Waals surface area contributed by atoms with Gasteiger partial charge >= 0.3 is 0 Å². The van der Waals surface area contributed by atoms with E-state index in [2.05, 4.69) is 14.9 Å². The average Bonchev–Trinajstić information content (AvgIpc) is 3.07. The summed E-state index contributed by atoms with van der Waals surface area (Å²) in [5.74, 6) is 1.41. The zero-order valence-electron chi connectivity index (χ0n) is 12.6. The zero-order valence-corrected chi connectivity index (χ0v) is 13.4. The number of imidazole rings is 1. The Hall–Kier alpha value is -1.46. The monoisotopic (exact) mass is 303 g/mol. The summed E-state index contributed by atoms with van der Waals surface area (Å²) < 4.78 is 0. The molecule has 1 unspecified atom stereocenters. The van der Waals surface area contributed by atoms with Gasteiger partial charge in [-0.25, -0.2) is 4.98 Å². The maximum Gasteiger partial charge on any atom is 0.177 e. The predicted octanol–water partition coefficient (Wildman–Crippen LogP) is 3.18. The van der Waals surface area contributed by atoms with Gasteiger partial charge in [0.15, 0.2) is 5.78 Å². The largest absolute Gasteiger partial charge is 0.345 e. The van der Waals surface area contributed by atoms with Crippen LogP contribution in [0.4, 0.5) is 0 Å². The number of Topliss-reactive ketones (excluding diaryl/α,β-unsaturated/α-hetero) is 1. The van der Waals surface area contributed by atoms with E-state index in [4.69, 9.17) is 0 Å². The molecule has 2 aromatic heterocycles. The minimum atomic E-state index is 0.139. The topological polar surface area (TPSA) is 49.0 Å². The van der Waals surface area contributed by atoms with E-state index >= 15 is 0 Å². The maximum absolute atomic E-state index is 12.6. The minimum absolute atomic E-state index is 0.139. The fraction of sp³-hybridized carbons (Fsp3) is 0.500. The smallest absolute Gasteiger partial charge is 0.177 e. The van der Waals surface area contributed by atoms with Crippen LogP contribution in [0.5, 0.6) is 0 Å². The molecule has 3 heterocycles. The van der Waals surface area contributed by atoms with Gasteiger partial charge in [0.05, 0.1) is 4.88 Å². The first-order chi connectivity index (χ1) is 10.1. The Morgan fingerprint density at radius 2 is 2.38 bits per heavy atom. The zero-order chi connectivity index (χ0) is 14.8. The van der Waals surface area contributed by atoms with Crippen LogP contribution in [-0.2, 0) is 6.54 Å². The van der Waals surface area contributed by atoms with E-state index in [1.165, 1.54) is 0 Å². The van der Waals surface area contributed by atoms with Crippen molar-refractivity contribution in [3.8, 4) is 0 Å². The molecular formula is C16H21N3OS. The molecule has 1 aliphatic heterocycles. The van der Waals surface area contributed by atoms with E-state index in [-0.39, 0.29) is 5.92 Å². The number of aryl methyl sites for hydroxylation is 2. The second kappa shape index (κ2) is 6.12. The normalized spacial score (nSPS) is 19.8. The fourth-order valence-corrected chi connectivity index (χ4v) is 3.96. The van der Waals surface area contributed by atoms with Gasteiger partial charge in [0.1, 0.15) is 5.82 Å². The molecule has 0 spiro atoms. The molecule has 112 valence electrons. The van der Waals surface area contributed by atoms with Crippen molar-refractivity contribution in [1.82, 2.24) is 14.9 Å². The number of nitrogens with one attached hydrogen (secondary N) is 1. The summed E-state index contributed by atoms with van der Waals surface area (Å²) >= 11 is 1.58. The Morgan fingerprint density at radius 1 is 1.52 bits per heavy atom. The first kappa shape index (κ1) is 14.5. The quantitative estimate of drug-likeness (QED) is 0.883. The highest BCUT2D eigenvalue weighted by atomic mass is 32.1. The molecule has 1 atom stereocenters. The van der Waals surface area contributed by atoms with Gasteiger partial charge in [-0.05, 0) is 50.2 Å². The van der Waals surface area contributed by atoms with Crippen molar-refractivity contribution < 1.29 is 4.79 Å². The van der Waals surface area contributed by atoms with Gasteiger partial charge in [0.2, 0.25) is 0 Å². The van der Waals surface area contributed by atoms with Crippen molar-refractivity contribution in [2.75, 3.05) is 13.1 Å². The molecule has 0 bridgehead atoms. The summed E-state index contributed by atoms with van der Waals surface area (Å²) in [6.45, 7) is 6.76. The molecule has 21 heavy (non-hydrogen) atoms. The number of likely N-dealkylation sites (tertiary alicyclic amines) is 1. The van der Waals surface area contributed by atoms with E-state index in [9.17, 15) is 4.79 Å². The van der Waals surface area contributed by atoms with Crippen molar-refractivity contribution in [3.05, 3.63) is 39.6 Å². The first-order valence-corrected chi connectivity index (χ1v) is 8.32. The van der Waals surface area contributed by atoms with E-state index in [0.29, 0.717) is 5.78 Å². The van der Waals surface area contributed by atoms with Crippen LogP contribution in [0.15, 0.2) is 17.6 Å². The average molecular weight is 303 g/mol. The number of carbonyl (C=O) groups is 1. The van der Waals surface area contributed by atoms with Crippen LogP contribution in [0, 0.1) is 19.8 Å². The highest BCUT2D eigenvalue weighted by Gasteiger charge is 2.28. The number of hydrogen-bond donors (Lipinski definition) is 1. The van der Waals surface area contributed by atoms with E-state index in [1.807, 2.05) is 31.5 Å². The molecule has 4 nitrogen and oxygen atoms in total. The number of hydrogen-bond acceptors (Lipinski definition) is 4. The van der Waals surface area contributed by atoms with Gasteiger partial charge in [-0.3, -0.25) is 9.69 Å². The number of aromatic nitrogens is 2. The number of thiophene rings is 1. The van der Waals surface area contributed by atoms with E-state index in [0.717, 1.165) is 54.4 Å². The van der Waals surface area contributed by atoms with Gasteiger partial charge in [-0.2, -0.15) is 0 Å². The van der Waals surface area contributed by atoms with Crippen molar-refractivity contribution in [2.45, 2.75) is 33.2 Å². The molecule has 0 aliphatic carbocycles. The van der Waals surface area contributed by atoms with Crippen molar-refractivity contribution in [1.29, 1.82) is 0 Å². The molecular weight excluding hydrogens is 282 g/mol. The Kier molecular flexibility index (Phi) is 4.22. The Balaban J connectivity index is 1.65. The summed E-state index contributed by atoms with van der Waals surface area (Å²) in [6, 6.07) is 2.03. The SMILES string of the molecule is Cc1ncc(CN2CCCC(C(=O)c3sccc3C)C2)[nH]1. The second-order valence-electron chi connectivity index (χ2n) is 5.87. The number of rotatable bonds is 4. The third kappa shape index (κ3) is 3.24. The van der Waals surface area contributed by atoms with Crippen molar-refractivity contribution in [3.63, 3.8) is 0 Å². The highest BCUT2D eigenvalue weighted by molar-refractivity contribution is 7.12. The lowest BCUT2D eigenvalue weighted by Gasteiger charge is -2.31. The number of ketones is 1. The van der Waals surface area contributed by atoms with Crippen LogP contribution in [-0.4, -0.2) is 33.7 Å². The maximum atomic E-state index is 12.6. The molecule has 0 amide bonds. The summed E-state index contributed by atoms with van der Waals surface area (Å²) in [5.41, 5.74) is 2.25. The predicted molar refractivity (Wildman–Crippen MR) is 84.7 cm³/mol. The number of nitrogens with zero attached hydrogens (tertiary/aromatic N) is 2. The molecule has 1 saturated heterocycles. The number of aromatic amines is 1. The molecule has 1 aliphatic rings. The standard InChI is InChI=1S/C16H21N3OS/c1-11-5-7-21-16(11)15(20)13-4-3-6-19(9-13)10-14-8-17-12(2)18-14/h5,7-8,13H,3-4,6,9-10H2,1-2H3,(H,17,18). The Bertz CT molecular complexity index is 631. The summed E-state index contributed by atoms with van der Waals surface area (Å²) in [7, 11) is 0. The first-order valence-electron chi connectivity index (χ1n) is 7.44. The summed E-state index contributed by atoms with van der Waals surface area (Å²) in [4.78, 5) is 23.5. The number of piperidine rings is 1. The molecule has 0 radical (unpaired) electrons. The van der Waals surface area contributed by atoms with E-state index in [1.54, 1.807) is 11.3 Å². The van der Waals surface area contributed by atoms with Gasteiger partial charge in [-0.1, -0.05) is 0 Å². The summed E-state index contributed by atoms with van der Waals surface area (Å²) in [6.07, 6.45) is 3.99. The van der Waals surface area contributed by atoms with E-state index < -0.39 is 0 Å². The van der Waals surface area contributed by atoms with Crippen LogP contribution >= 0.6 is 11.3 Å². The molecule has 0 saturated carbocycles. The third-order valence-corrected chi connectivity index (χ3v) is 5.14. The molecule has 3 rings (SSSR count). The minimum Gasteiger partial charge on any atom is -0.345 e. The lowest BCUT2D eigenvalue weighted by atomic mass is 9.92. The van der Waals surface area contributed by atoms with Crippen LogP contribution in [0.1, 0.15) is 39.6 Å². The van der Waals surface area contributed by atoms with Crippen molar-refractivity contribution in [2.24, 2.45) is 5.92 Å². The molecule has 1 fully saturated rings. The Morgan fingerprint density at radius 3 is 3.05 bits per heavy atom. The van der Waals surface area contributed by atoms with Crippen LogP contribution < -0.4 is 0 Å². The second-order valence-corrected chi connectivity index (χ2v) is 6.78. The molecule has 5 heteroatoms. The van der Waals surface area contributed by atoms with Gasteiger partial charge < -0.3 is 4.98 Å². The fourth-order valence-electron chi connectivity index (χ4n) is 3.02. The van der Waals surface area contributed by atoms with Crippen LogP contribution in [0.3, 0.4) is 0 Å². The molecule has 2 aromatic rings. The number of H-pyrrole nitrogens is 1. The lowest BCUT2D eigenvalue weighted by molar-refractivity contribution is 0.0814. The number of carbonyl (C=O) groups excluding carboxylic acids is 1.